The first-order valence-electron chi connectivity index (χ1n) is 5.85. The third-order valence-electron chi connectivity index (χ3n) is 3.24. The normalized spacial score (nSPS) is 12.8. The molecule has 2 N–H and O–H groups in total. The number of rotatable bonds is 3. The standard InChI is InChI=1S/C12H14N2O4S/c1-4-7(11(16)17)14-10(15)8-5(2)6(3)19-9(8)13-12(14)18/h7H,4H2,1-3H3,(H,13,18)(H,16,17). The van der Waals surface area contributed by atoms with Crippen LogP contribution in [-0.2, 0) is 4.79 Å². The Hall–Kier alpha value is -1.89. The summed E-state index contributed by atoms with van der Waals surface area (Å²) in [6.07, 6.45) is 0.173. The minimum absolute atomic E-state index is 0.173. The number of carboxylic acid groups (broad SMARTS) is 1. The van der Waals surface area contributed by atoms with Crippen molar-refractivity contribution in [2.24, 2.45) is 0 Å². The third-order valence-corrected chi connectivity index (χ3v) is 4.36. The van der Waals surface area contributed by atoms with E-state index in [9.17, 15) is 14.4 Å². The van der Waals surface area contributed by atoms with Crippen LogP contribution >= 0.6 is 11.3 Å². The van der Waals surface area contributed by atoms with Crippen molar-refractivity contribution in [2.75, 3.05) is 0 Å². The first-order chi connectivity index (χ1) is 8.88. The molecular weight excluding hydrogens is 268 g/mol. The number of aromatic nitrogens is 2. The average Bonchev–Trinajstić information content (AvgIpc) is 2.59. The van der Waals surface area contributed by atoms with Crippen molar-refractivity contribution in [3.8, 4) is 0 Å². The van der Waals surface area contributed by atoms with Gasteiger partial charge in [-0.2, -0.15) is 0 Å². The lowest BCUT2D eigenvalue weighted by Gasteiger charge is -2.12. The van der Waals surface area contributed by atoms with E-state index in [0.717, 1.165) is 15.0 Å². The van der Waals surface area contributed by atoms with Gasteiger partial charge in [-0.3, -0.25) is 9.78 Å². The number of aliphatic carboxylic acids is 1. The van der Waals surface area contributed by atoms with Crippen LogP contribution in [0.25, 0.3) is 10.2 Å². The summed E-state index contributed by atoms with van der Waals surface area (Å²) < 4.78 is 0.795. The number of hydrogen-bond acceptors (Lipinski definition) is 4. The topological polar surface area (TPSA) is 92.2 Å². The molecule has 0 saturated heterocycles. The zero-order chi connectivity index (χ0) is 14.3. The maximum atomic E-state index is 12.4. The fraction of sp³-hybridized carbons (Fsp3) is 0.417. The monoisotopic (exact) mass is 282 g/mol. The van der Waals surface area contributed by atoms with Gasteiger partial charge < -0.3 is 5.11 Å². The van der Waals surface area contributed by atoms with E-state index in [1.165, 1.54) is 11.3 Å². The third kappa shape index (κ3) is 1.99. The largest absolute Gasteiger partial charge is 0.480 e. The van der Waals surface area contributed by atoms with E-state index >= 15 is 0 Å². The van der Waals surface area contributed by atoms with E-state index in [4.69, 9.17) is 5.11 Å². The molecule has 0 saturated carbocycles. The molecule has 2 rings (SSSR count). The zero-order valence-corrected chi connectivity index (χ0v) is 11.6. The predicted molar refractivity (Wildman–Crippen MR) is 73.1 cm³/mol. The fourth-order valence-electron chi connectivity index (χ4n) is 2.09. The van der Waals surface area contributed by atoms with Gasteiger partial charge in [-0.15, -0.1) is 11.3 Å². The summed E-state index contributed by atoms with van der Waals surface area (Å²) in [6.45, 7) is 5.27. The molecule has 0 aliphatic carbocycles. The Morgan fingerprint density at radius 1 is 1.42 bits per heavy atom. The maximum absolute atomic E-state index is 12.4. The van der Waals surface area contributed by atoms with E-state index in [0.29, 0.717) is 10.2 Å². The molecule has 0 amide bonds. The molecule has 1 unspecified atom stereocenters. The highest BCUT2D eigenvalue weighted by atomic mass is 32.1. The molecule has 0 aliphatic heterocycles. The number of H-pyrrole nitrogens is 1. The maximum Gasteiger partial charge on any atom is 0.330 e. The van der Waals surface area contributed by atoms with Crippen LogP contribution in [0.5, 0.6) is 0 Å². The Bertz CT molecular complexity index is 768. The first kappa shape index (κ1) is 13.5. The Morgan fingerprint density at radius 3 is 2.58 bits per heavy atom. The van der Waals surface area contributed by atoms with Gasteiger partial charge in [0.25, 0.3) is 5.56 Å². The molecule has 0 bridgehead atoms. The van der Waals surface area contributed by atoms with Crippen molar-refractivity contribution in [1.82, 2.24) is 9.55 Å². The van der Waals surface area contributed by atoms with Gasteiger partial charge in [0.15, 0.2) is 0 Å². The van der Waals surface area contributed by atoms with Gasteiger partial charge in [-0.25, -0.2) is 14.2 Å². The summed E-state index contributed by atoms with van der Waals surface area (Å²) in [5, 5.41) is 9.52. The second-order valence-corrected chi connectivity index (χ2v) is 5.58. The van der Waals surface area contributed by atoms with Gasteiger partial charge in [0, 0.05) is 4.88 Å². The number of carbonyl (C=O) groups is 1. The van der Waals surface area contributed by atoms with E-state index in [-0.39, 0.29) is 6.42 Å². The van der Waals surface area contributed by atoms with Crippen LogP contribution in [0, 0.1) is 13.8 Å². The summed E-state index contributed by atoms with van der Waals surface area (Å²) in [4.78, 5) is 39.5. The van der Waals surface area contributed by atoms with Crippen molar-refractivity contribution in [3.05, 3.63) is 31.3 Å². The Labute approximate surface area is 112 Å². The predicted octanol–water partition coefficient (Wildman–Crippen LogP) is 1.40. The van der Waals surface area contributed by atoms with Crippen molar-refractivity contribution in [3.63, 3.8) is 0 Å². The number of fused-ring (bicyclic) bond motifs is 1. The van der Waals surface area contributed by atoms with Crippen molar-refractivity contribution < 1.29 is 9.90 Å². The number of carboxylic acids is 1. The molecule has 6 nitrogen and oxygen atoms in total. The lowest BCUT2D eigenvalue weighted by molar-refractivity contribution is -0.141. The van der Waals surface area contributed by atoms with E-state index in [1.54, 1.807) is 13.8 Å². The van der Waals surface area contributed by atoms with Crippen LogP contribution in [-0.4, -0.2) is 20.6 Å². The van der Waals surface area contributed by atoms with Crippen molar-refractivity contribution in [1.29, 1.82) is 0 Å². The quantitative estimate of drug-likeness (QED) is 0.890. The molecule has 7 heteroatoms. The molecule has 2 aromatic heterocycles. The number of aromatic amines is 1. The van der Waals surface area contributed by atoms with Gasteiger partial charge in [0.1, 0.15) is 10.9 Å². The highest BCUT2D eigenvalue weighted by molar-refractivity contribution is 7.18. The Morgan fingerprint density at radius 2 is 2.05 bits per heavy atom. The molecule has 2 heterocycles. The SMILES string of the molecule is CCC(C(=O)O)n1c(=O)[nH]c2sc(C)c(C)c2c1=O. The van der Waals surface area contributed by atoms with E-state index < -0.39 is 23.3 Å². The van der Waals surface area contributed by atoms with Gasteiger partial charge in [-0.05, 0) is 25.8 Å². The van der Waals surface area contributed by atoms with Gasteiger partial charge >= 0.3 is 11.7 Å². The minimum atomic E-state index is -1.18. The van der Waals surface area contributed by atoms with Crippen LogP contribution in [0.15, 0.2) is 9.59 Å². The smallest absolute Gasteiger partial charge is 0.330 e. The second-order valence-electron chi connectivity index (χ2n) is 4.35. The van der Waals surface area contributed by atoms with E-state index in [1.807, 2.05) is 6.92 Å². The molecule has 0 radical (unpaired) electrons. The molecule has 0 aromatic carbocycles. The van der Waals surface area contributed by atoms with Crippen LogP contribution in [0.3, 0.4) is 0 Å². The summed E-state index contributed by atoms with van der Waals surface area (Å²) in [5.41, 5.74) is -0.418. The lowest BCUT2D eigenvalue weighted by Crippen LogP contribution is -2.40. The van der Waals surface area contributed by atoms with Crippen LogP contribution in [0.1, 0.15) is 29.8 Å². The molecule has 102 valence electrons. The Balaban J connectivity index is 2.90. The first-order valence-corrected chi connectivity index (χ1v) is 6.67. The highest BCUT2D eigenvalue weighted by Crippen LogP contribution is 2.25. The summed E-state index contributed by atoms with van der Waals surface area (Å²) in [5.74, 6) is -1.18. The molecule has 0 aliphatic rings. The lowest BCUT2D eigenvalue weighted by atomic mass is 10.2. The van der Waals surface area contributed by atoms with Crippen molar-refractivity contribution in [2.45, 2.75) is 33.2 Å². The number of hydrogen-bond donors (Lipinski definition) is 2. The van der Waals surface area contributed by atoms with Crippen LogP contribution in [0.2, 0.25) is 0 Å². The fourth-order valence-corrected chi connectivity index (χ4v) is 3.14. The molecule has 0 fully saturated rings. The van der Waals surface area contributed by atoms with Gasteiger partial charge in [0.05, 0.1) is 5.39 Å². The molecule has 0 spiro atoms. The number of aryl methyl sites for hydroxylation is 2. The molecule has 19 heavy (non-hydrogen) atoms. The number of thiophene rings is 1. The molecule has 2 aromatic rings. The number of nitrogens with one attached hydrogen (secondary N) is 1. The van der Waals surface area contributed by atoms with Gasteiger partial charge in [-0.1, -0.05) is 6.92 Å². The van der Waals surface area contributed by atoms with Crippen LogP contribution < -0.4 is 11.2 Å². The summed E-state index contributed by atoms with van der Waals surface area (Å²) in [6, 6.07) is -1.14. The second kappa shape index (κ2) is 4.65. The van der Waals surface area contributed by atoms with Crippen LogP contribution in [0.4, 0.5) is 0 Å². The van der Waals surface area contributed by atoms with Gasteiger partial charge in [0.2, 0.25) is 0 Å². The highest BCUT2D eigenvalue weighted by Gasteiger charge is 2.23. The van der Waals surface area contributed by atoms with Crippen molar-refractivity contribution >= 4 is 27.5 Å². The summed E-state index contributed by atoms with van der Waals surface area (Å²) in [7, 11) is 0. The Kier molecular flexibility index (Phi) is 3.32. The summed E-state index contributed by atoms with van der Waals surface area (Å²) >= 11 is 1.33. The minimum Gasteiger partial charge on any atom is -0.480 e. The average molecular weight is 282 g/mol. The zero-order valence-electron chi connectivity index (χ0n) is 10.8. The molecule has 1 atom stereocenters. The number of nitrogens with zero attached hydrogens (tertiary/aromatic N) is 1. The van der Waals surface area contributed by atoms with E-state index in [2.05, 4.69) is 4.98 Å². The molecular formula is C12H14N2O4S.